The van der Waals surface area contributed by atoms with Crippen molar-refractivity contribution in [3.8, 4) is 0 Å². The lowest BCUT2D eigenvalue weighted by Gasteiger charge is -2.34. The van der Waals surface area contributed by atoms with E-state index >= 15 is 0 Å². The minimum atomic E-state index is 0.0507. The molecule has 1 aliphatic carbocycles. The van der Waals surface area contributed by atoms with Gasteiger partial charge in [-0.3, -0.25) is 0 Å². The summed E-state index contributed by atoms with van der Waals surface area (Å²) in [5.41, 5.74) is 1.27. The van der Waals surface area contributed by atoms with Crippen molar-refractivity contribution < 1.29 is 4.79 Å². The zero-order valence-electron chi connectivity index (χ0n) is 12.4. The van der Waals surface area contributed by atoms with Crippen LogP contribution in [0.1, 0.15) is 45.4 Å². The van der Waals surface area contributed by atoms with Gasteiger partial charge in [-0.25, -0.2) is 4.79 Å². The van der Waals surface area contributed by atoms with E-state index in [9.17, 15) is 4.79 Å². The Morgan fingerprint density at radius 2 is 2.25 bits per heavy atom. The standard InChI is InChI=1S/C15H27N3OS/c1-2-3-4-12-7-13-5-6-18(9-14(13)8-12)15(19)17-11-20-10-16/h10,12-14,16H,2-9,11H2,1H3,(H,17,19). The van der Waals surface area contributed by atoms with Gasteiger partial charge in [-0.15, -0.1) is 0 Å². The molecule has 0 spiro atoms. The van der Waals surface area contributed by atoms with Crippen LogP contribution in [0.15, 0.2) is 0 Å². The first kappa shape index (κ1) is 15.7. The summed E-state index contributed by atoms with van der Waals surface area (Å²) in [4.78, 5) is 14.0. The molecule has 0 aromatic rings. The molecule has 1 saturated heterocycles. The fraction of sp³-hybridized carbons (Fsp3) is 0.867. The predicted molar refractivity (Wildman–Crippen MR) is 85.2 cm³/mol. The Bertz CT molecular complexity index is 337. The Balaban J connectivity index is 1.76. The Hall–Kier alpha value is -0.710. The number of hydrogen-bond donors (Lipinski definition) is 2. The number of unbranched alkanes of at least 4 members (excludes halogenated alkanes) is 1. The third kappa shape index (κ3) is 4.14. The highest BCUT2D eigenvalue weighted by Crippen LogP contribution is 2.43. The number of urea groups is 1. The van der Waals surface area contributed by atoms with Gasteiger partial charge in [-0.1, -0.05) is 37.9 Å². The number of amides is 2. The number of likely N-dealkylation sites (tertiary alicyclic amines) is 1. The summed E-state index contributed by atoms with van der Waals surface area (Å²) in [6.45, 7) is 4.11. The highest BCUT2D eigenvalue weighted by molar-refractivity contribution is 8.11. The summed E-state index contributed by atoms with van der Waals surface area (Å²) in [7, 11) is 0. The summed E-state index contributed by atoms with van der Waals surface area (Å²) in [5, 5.41) is 9.82. The van der Waals surface area contributed by atoms with E-state index in [-0.39, 0.29) is 6.03 Å². The lowest BCUT2D eigenvalue weighted by molar-refractivity contribution is 0.145. The van der Waals surface area contributed by atoms with Crippen LogP contribution in [-0.4, -0.2) is 35.4 Å². The van der Waals surface area contributed by atoms with Crippen molar-refractivity contribution in [1.82, 2.24) is 10.2 Å². The number of thioether (sulfide) groups is 1. The number of carbonyl (C=O) groups is 1. The van der Waals surface area contributed by atoms with Crippen LogP contribution in [0.5, 0.6) is 0 Å². The van der Waals surface area contributed by atoms with Gasteiger partial charge in [-0.05, 0) is 37.0 Å². The van der Waals surface area contributed by atoms with Gasteiger partial charge in [0, 0.05) is 13.1 Å². The highest BCUT2D eigenvalue weighted by atomic mass is 32.2. The second kappa shape index (κ2) is 7.91. The SMILES string of the molecule is CCCCC1CC2CCN(C(=O)NCSC=N)CC2C1. The average Bonchev–Trinajstić information content (AvgIpc) is 2.87. The monoisotopic (exact) mass is 297 g/mol. The fourth-order valence-electron chi connectivity index (χ4n) is 3.78. The second-order valence-electron chi connectivity index (χ2n) is 6.15. The molecule has 20 heavy (non-hydrogen) atoms. The first-order valence-electron chi connectivity index (χ1n) is 7.87. The molecule has 5 heteroatoms. The fourth-order valence-corrected chi connectivity index (χ4v) is 4.07. The van der Waals surface area contributed by atoms with E-state index in [0.29, 0.717) is 5.88 Å². The van der Waals surface area contributed by atoms with E-state index in [2.05, 4.69) is 12.2 Å². The van der Waals surface area contributed by atoms with Gasteiger partial charge in [-0.2, -0.15) is 0 Å². The molecule has 1 heterocycles. The normalized spacial score (nSPS) is 29.1. The number of fused-ring (bicyclic) bond motifs is 1. The number of hydrogen-bond acceptors (Lipinski definition) is 3. The molecule has 2 N–H and O–H groups in total. The van der Waals surface area contributed by atoms with Crippen molar-refractivity contribution in [2.75, 3.05) is 19.0 Å². The molecule has 3 atom stereocenters. The van der Waals surface area contributed by atoms with E-state index in [1.165, 1.54) is 55.8 Å². The molecule has 0 bridgehead atoms. The third-order valence-corrected chi connectivity index (χ3v) is 5.28. The van der Waals surface area contributed by atoms with E-state index in [1.807, 2.05) is 4.90 Å². The first-order chi connectivity index (χ1) is 9.74. The minimum absolute atomic E-state index is 0.0507. The molecule has 0 aromatic carbocycles. The van der Waals surface area contributed by atoms with E-state index < -0.39 is 0 Å². The molecular weight excluding hydrogens is 270 g/mol. The van der Waals surface area contributed by atoms with Crippen LogP contribution in [0.4, 0.5) is 4.79 Å². The zero-order valence-corrected chi connectivity index (χ0v) is 13.3. The molecule has 2 fully saturated rings. The quantitative estimate of drug-likeness (QED) is 0.341. The van der Waals surface area contributed by atoms with Gasteiger partial charge in [0.05, 0.1) is 11.4 Å². The molecule has 1 aliphatic heterocycles. The maximum Gasteiger partial charge on any atom is 0.318 e. The molecule has 4 nitrogen and oxygen atoms in total. The minimum Gasteiger partial charge on any atom is -0.329 e. The molecule has 2 rings (SSSR count). The van der Waals surface area contributed by atoms with Gasteiger partial charge < -0.3 is 15.6 Å². The van der Waals surface area contributed by atoms with Crippen LogP contribution < -0.4 is 5.32 Å². The molecule has 2 aliphatic rings. The van der Waals surface area contributed by atoms with E-state index in [1.54, 1.807) is 0 Å². The maximum absolute atomic E-state index is 12.0. The van der Waals surface area contributed by atoms with Crippen LogP contribution in [-0.2, 0) is 0 Å². The van der Waals surface area contributed by atoms with Crippen molar-refractivity contribution in [2.45, 2.75) is 45.4 Å². The molecule has 0 aromatic heterocycles. The first-order valence-corrected chi connectivity index (χ1v) is 8.92. The molecular formula is C15H27N3OS. The largest absolute Gasteiger partial charge is 0.329 e. The molecule has 0 radical (unpaired) electrons. The highest BCUT2D eigenvalue weighted by Gasteiger charge is 2.38. The number of rotatable bonds is 6. The average molecular weight is 297 g/mol. The maximum atomic E-state index is 12.0. The number of nitrogens with one attached hydrogen (secondary N) is 2. The van der Waals surface area contributed by atoms with Crippen molar-refractivity contribution in [2.24, 2.45) is 17.8 Å². The second-order valence-corrected chi connectivity index (χ2v) is 7.00. The smallest absolute Gasteiger partial charge is 0.318 e. The number of carbonyl (C=O) groups excluding carboxylic acids is 1. The summed E-state index contributed by atoms with van der Waals surface area (Å²) in [6, 6.07) is 0.0507. The lowest BCUT2D eigenvalue weighted by atomic mass is 9.89. The van der Waals surface area contributed by atoms with Crippen LogP contribution in [0.25, 0.3) is 0 Å². The Kier molecular flexibility index (Phi) is 6.20. The zero-order chi connectivity index (χ0) is 14.4. The van der Waals surface area contributed by atoms with Crippen LogP contribution >= 0.6 is 11.8 Å². The van der Waals surface area contributed by atoms with Gasteiger partial charge >= 0.3 is 6.03 Å². The number of nitrogens with zero attached hydrogens (tertiary/aromatic N) is 1. The van der Waals surface area contributed by atoms with Crippen molar-refractivity contribution in [3.05, 3.63) is 0 Å². The van der Waals surface area contributed by atoms with Crippen molar-refractivity contribution >= 4 is 23.3 Å². The third-order valence-electron chi connectivity index (χ3n) is 4.81. The summed E-state index contributed by atoms with van der Waals surface area (Å²) < 4.78 is 0. The molecule has 1 saturated carbocycles. The van der Waals surface area contributed by atoms with Crippen molar-refractivity contribution in [3.63, 3.8) is 0 Å². The molecule has 3 unspecified atom stereocenters. The topological polar surface area (TPSA) is 56.2 Å². The van der Waals surface area contributed by atoms with E-state index in [4.69, 9.17) is 5.41 Å². The van der Waals surface area contributed by atoms with Gasteiger partial charge in [0.2, 0.25) is 0 Å². The van der Waals surface area contributed by atoms with Crippen LogP contribution in [0.2, 0.25) is 0 Å². The van der Waals surface area contributed by atoms with Gasteiger partial charge in [0.25, 0.3) is 0 Å². The Morgan fingerprint density at radius 1 is 1.45 bits per heavy atom. The molecule has 2 amide bonds. The van der Waals surface area contributed by atoms with E-state index in [0.717, 1.165) is 30.8 Å². The van der Waals surface area contributed by atoms with Crippen molar-refractivity contribution in [1.29, 1.82) is 5.41 Å². The van der Waals surface area contributed by atoms with Gasteiger partial charge in [0.15, 0.2) is 0 Å². The van der Waals surface area contributed by atoms with Gasteiger partial charge in [0.1, 0.15) is 0 Å². The molecule has 114 valence electrons. The van der Waals surface area contributed by atoms with Crippen LogP contribution in [0, 0.1) is 23.2 Å². The predicted octanol–water partition coefficient (Wildman–Crippen LogP) is 3.53. The number of piperidine rings is 1. The lowest BCUT2D eigenvalue weighted by Crippen LogP contribution is -2.46. The van der Waals surface area contributed by atoms with Crippen LogP contribution in [0.3, 0.4) is 0 Å². The Labute approximate surface area is 126 Å². The summed E-state index contributed by atoms with van der Waals surface area (Å²) >= 11 is 1.31. The summed E-state index contributed by atoms with van der Waals surface area (Å²) in [6.07, 6.45) is 7.93. The summed E-state index contributed by atoms with van der Waals surface area (Å²) in [5.74, 6) is 3.00. The Morgan fingerprint density at radius 3 is 3.00 bits per heavy atom.